The van der Waals surface area contributed by atoms with E-state index in [-0.39, 0.29) is 17.8 Å². The summed E-state index contributed by atoms with van der Waals surface area (Å²) >= 11 is 7.61. The fourth-order valence-electron chi connectivity index (χ4n) is 3.32. The molecule has 2 heterocycles. The first-order chi connectivity index (χ1) is 12.5. The van der Waals surface area contributed by atoms with Crippen LogP contribution < -0.4 is 4.90 Å². The molecule has 1 aromatic heterocycles. The normalized spacial score (nSPS) is 17.6. The van der Waals surface area contributed by atoms with E-state index >= 15 is 0 Å². The SMILES string of the molecule is CN(Cc1nc2cc(Cl)ccc2s1)C1CCN(c2ccccc2F)C1=O. The van der Waals surface area contributed by atoms with Gasteiger partial charge in [-0.05, 0) is 43.8 Å². The third-order valence-electron chi connectivity index (χ3n) is 4.63. The zero-order chi connectivity index (χ0) is 18.3. The van der Waals surface area contributed by atoms with Gasteiger partial charge in [-0.3, -0.25) is 9.69 Å². The van der Waals surface area contributed by atoms with E-state index in [1.807, 2.05) is 30.1 Å². The van der Waals surface area contributed by atoms with Crippen LogP contribution in [0.5, 0.6) is 0 Å². The number of carbonyl (C=O) groups excluding carboxylic acids is 1. The molecule has 26 heavy (non-hydrogen) atoms. The maximum Gasteiger partial charge on any atom is 0.244 e. The van der Waals surface area contributed by atoms with Crippen molar-refractivity contribution in [2.45, 2.75) is 19.0 Å². The van der Waals surface area contributed by atoms with Gasteiger partial charge in [-0.25, -0.2) is 9.37 Å². The van der Waals surface area contributed by atoms with Crippen LogP contribution in [0.2, 0.25) is 5.02 Å². The molecule has 1 fully saturated rings. The molecule has 2 aromatic carbocycles. The lowest BCUT2D eigenvalue weighted by molar-refractivity contribution is -0.121. The number of fused-ring (bicyclic) bond motifs is 1. The number of thiazole rings is 1. The molecule has 3 aromatic rings. The van der Waals surface area contributed by atoms with Crippen molar-refractivity contribution in [1.82, 2.24) is 9.88 Å². The molecule has 0 saturated carbocycles. The molecule has 1 atom stereocenters. The van der Waals surface area contributed by atoms with Crippen LogP contribution in [0.3, 0.4) is 0 Å². The van der Waals surface area contributed by atoms with Crippen LogP contribution in [0.4, 0.5) is 10.1 Å². The van der Waals surface area contributed by atoms with Gasteiger partial charge >= 0.3 is 0 Å². The summed E-state index contributed by atoms with van der Waals surface area (Å²) in [5, 5.41) is 1.59. The van der Waals surface area contributed by atoms with E-state index in [1.54, 1.807) is 29.5 Å². The zero-order valence-corrected chi connectivity index (χ0v) is 15.7. The van der Waals surface area contributed by atoms with Crippen LogP contribution in [-0.2, 0) is 11.3 Å². The van der Waals surface area contributed by atoms with E-state index in [1.165, 1.54) is 11.0 Å². The number of nitrogens with zero attached hydrogens (tertiary/aromatic N) is 3. The van der Waals surface area contributed by atoms with E-state index in [9.17, 15) is 9.18 Å². The Bertz CT molecular complexity index is 976. The Morgan fingerprint density at radius 3 is 2.96 bits per heavy atom. The average molecular weight is 390 g/mol. The molecular formula is C19H17ClFN3OS. The van der Waals surface area contributed by atoms with Crippen molar-refractivity contribution in [2.24, 2.45) is 0 Å². The summed E-state index contributed by atoms with van der Waals surface area (Å²) in [6.45, 7) is 1.09. The summed E-state index contributed by atoms with van der Waals surface area (Å²) in [6, 6.07) is 11.8. The molecular weight excluding hydrogens is 373 g/mol. The van der Waals surface area contributed by atoms with Gasteiger partial charge in [0.15, 0.2) is 0 Å². The number of hydrogen-bond donors (Lipinski definition) is 0. The van der Waals surface area contributed by atoms with Gasteiger partial charge in [0.05, 0.1) is 28.5 Å². The second kappa shape index (κ2) is 6.95. The van der Waals surface area contributed by atoms with Crippen LogP contribution in [0.1, 0.15) is 11.4 Å². The summed E-state index contributed by atoms with van der Waals surface area (Å²) in [7, 11) is 1.91. The standard InChI is InChI=1S/C19H17ClFN3OS/c1-23(11-18-22-14-10-12(20)6-7-17(14)26-18)16-8-9-24(19(16)25)15-5-3-2-4-13(15)21/h2-7,10,16H,8-9,11H2,1H3. The molecule has 4 nitrogen and oxygen atoms in total. The largest absolute Gasteiger partial charge is 0.308 e. The predicted octanol–water partition coefficient (Wildman–Crippen LogP) is 4.33. The third kappa shape index (κ3) is 3.20. The third-order valence-corrected chi connectivity index (χ3v) is 5.89. The number of hydrogen-bond acceptors (Lipinski definition) is 4. The molecule has 1 saturated heterocycles. The molecule has 0 bridgehead atoms. The van der Waals surface area contributed by atoms with Gasteiger partial charge in [-0.2, -0.15) is 0 Å². The fourth-order valence-corrected chi connectivity index (χ4v) is 4.50. The highest BCUT2D eigenvalue weighted by atomic mass is 35.5. The summed E-state index contributed by atoms with van der Waals surface area (Å²) < 4.78 is 15.1. The van der Waals surface area contributed by atoms with E-state index in [0.717, 1.165) is 15.2 Å². The molecule has 0 spiro atoms. The van der Waals surface area contributed by atoms with Crippen molar-refractivity contribution < 1.29 is 9.18 Å². The number of para-hydroxylation sites is 1. The monoisotopic (exact) mass is 389 g/mol. The van der Waals surface area contributed by atoms with Gasteiger partial charge in [0, 0.05) is 11.6 Å². The lowest BCUT2D eigenvalue weighted by atomic mass is 10.2. The maximum absolute atomic E-state index is 14.0. The van der Waals surface area contributed by atoms with Crippen LogP contribution in [0.15, 0.2) is 42.5 Å². The van der Waals surface area contributed by atoms with Crippen LogP contribution >= 0.6 is 22.9 Å². The lowest BCUT2D eigenvalue weighted by Crippen LogP contribution is -2.39. The molecule has 134 valence electrons. The smallest absolute Gasteiger partial charge is 0.244 e. The Kier molecular flexibility index (Phi) is 4.65. The second-order valence-corrected chi connectivity index (χ2v) is 7.93. The van der Waals surface area contributed by atoms with E-state index in [4.69, 9.17) is 11.6 Å². The van der Waals surface area contributed by atoms with Gasteiger partial charge in [-0.15, -0.1) is 11.3 Å². The number of anilines is 1. The first-order valence-electron chi connectivity index (χ1n) is 8.34. The Labute approximate surface area is 159 Å². The van der Waals surface area contributed by atoms with Crippen molar-refractivity contribution in [1.29, 1.82) is 0 Å². The number of amides is 1. The minimum atomic E-state index is -0.368. The van der Waals surface area contributed by atoms with Crippen LogP contribution in [0, 0.1) is 5.82 Å². The minimum Gasteiger partial charge on any atom is -0.308 e. The van der Waals surface area contributed by atoms with E-state index in [0.29, 0.717) is 30.2 Å². The highest BCUT2D eigenvalue weighted by Gasteiger charge is 2.36. The average Bonchev–Trinajstić information content (AvgIpc) is 3.18. The van der Waals surface area contributed by atoms with Gasteiger partial charge in [0.1, 0.15) is 10.8 Å². The maximum atomic E-state index is 14.0. The quantitative estimate of drug-likeness (QED) is 0.666. The number of benzene rings is 2. The number of carbonyl (C=O) groups is 1. The summed E-state index contributed by atoms with van der Waals surface area (Å²) in [6.07, 6.45) is 0.667. The molecule has 1 amide bonds. The highest BCUT2D eigenvalue weighted by molar-refractivity contribution is 7.18. The fraction of sp³-hybridized carbons (Fsp3) is 0.263. The van der Waals surface area contributed by atoms with E-state index in [2.05, 4.69) is 4.98 Å². The van der Waals surface area contributed by atoms with Crippen molar-refractivity contribution >= 4 is 44.7 Å². The number of rotatable bonds is 4. The number of aromatic nitrogens is 1. The Hall–Kier alpha value is -2.02. The first kappa shape index (κ1) is 17.4. The number of halogens is 2. The van der Waals surface area contributed by atoms with Gasteiger partial charge in [0.2, 0.25) is 5.91 Å². The van der Waals surface area contributed by atoms with Crippen LogP contribution in [0.25, 0.3) is 10.2 Å². The lowest BCUT2D eigenvalue weighted by Gasteiger charge is -2.23. The number of likely N-dealkylation sites (N-methyl/N-ethyl adjacent to an activating group) is 1. The first-order valence-corrected chi connectivity index (χ1v) is 9.53. The van der Waals surface area contributed by atoms with Crippen molar-refractivity contribution in [3.05, 3.63) is 58.3 Å². The second-order valence-electron chi connectivity index (χ2n) is 6.38. The minimum absolute atomic E-state index is 0.0678. The predicted molar refractivity (Wildman–Crippen MR) is 103 cm³/mol. The zero-order valence-electron chi connectivity index (χ0n) is 14.2. The molecule has 0 aliphatic carbocycles. The molecule has 0 radical (unpaired) electrons. The van der Waals surface area contributed by atoms with Crippen molar-refractivity contribution in [3.8, 4) is 0 Å². The summed E-state index contributed by atoms with van der Waals surface area (Å²) in [5.41, 5.74) is 1.22. The molecule has 1 aliphatic rings. The van der Waals surface area contributed by atoms with Crippen molar-refractivity contribution in [2.75, 3.05) is 18.5 Å². The molecule has 4 rings (SSSR count). The van der Waals surface area contributed by atoms with Crippen molar-refractivity contribution in [3.63, 3.8) is 0 Å². The summed E-state index contributed by atoms with van der Waals surface area (Å²) in [5.74, 6) is -0.436. The Balaban J connectivity index is 1.50. The molecule has 1 aliphatic heterocycles. The van der Waals surface area contributed by atoms with Gasteiger partial charge in [0.25, 0.3) is 0 Å². The molecule has 1 unspecified atom stereocenters. The van der Waals surface area contributed by atoms with E-state index < -0.39 is 0 Å². The Morgan fingerprint density at radius 2 is 2.15 bits per heavy atom. The topological polar surface area (TPSA) is 36.4 Å². The Morgan fingerprint density at radius 1 is 1.35 bits per heavy atom. The summed E-state index contributed by atoms with van der Waals surface area (Å²) in [4.78, 5) is 20.9. The van der Waals surface area contributed by atoms with Crippen LogP contribution in [-0.4, -0.2) is 35.4 Å². The molecule has 7 heteroatoms. The highest BCUT2D eigenvalue weighted by Crippen LogP contribution is 2.29. The molecule has 0 N–H and O–H groups in total. The van der Waals surface area contributed by atoms with Gasteiger partial charge < -0.3 is 4.90 Å². The van der Waals surface area contributed by atoms with Gasteiger partial charge in [-0.1, -0.05) is 23.7 Å².